The summed E-state index contributed by atoms with van der Waals surface area (Å²) in [5, 5.41) is 11.9. The third-order valence-corrected chi connectivity index (χ3v) is 4.01. The molecule has 2 rings (SSSR count). The Balaban J connectivity index is 1.98. The van der Waals surface area contributed by atoms with Gasteiger partial charge in [0.1, 0.15) is 6.10 Å². The highest BCUT2D eigenvalue weighted by Gasteiger charge is 2.34. The maximum absolute atomic E-state index is 11.9. The number of halogens is 2. The van der Waals surface area contributed by atoms with E-state index in [-0.39, 0.29) is 5.91 Å². The fraction of sp³-hybridized carbons (Fsp3) is 0.333. The molecule has 0 aliphatic carbocycles. The quantitative estimate of drug-likeness (QED) is 0.880. The van der Waals surface area contributed by atoms with Gasteiger partial charge in [0.25, 0.3) is 5.91 Å². The first-order chi connectivity index (χ1) is 8.97. The second-order valence-electron chi connectivity index (χ2n) is 4.15. The van der Waals surface area contributed by atoms with Gasteiger partial charge >= 0.3 is 5.97 Å². The van der Waals surface area contributed by atoms with Crippen LogP contribution in [-0.4, -0.2) is 29.2 Å². The second-order valence-corrected chi connectivity index (χ2v) is 5.41. The molecule has 7 heteroatoms. The summed E-state index contributed by atoms with van der Waals surface area (Å²) in [5.74, 6) is -1.40. The maximum Gasteiger partial charge on any atom is 0.332 e. The predicted octanol–water partition coefficient (Wildman–Crippen LogP) is 2.67. The van der Waals surface area contributed by atoms with E-state index in [2.05, 4.69) is 21.2 Å². The van der Waals surface area contributed by atoms with Crippen LogP contribution in [0.4, 0.5) is 5.69 Å². The smallest absolute Gasteiger partial charge is 0.332 e. The molecule has 1 heterocycles. The van der Waals surface area contributed by atoms with Crippen LogP contribution in [0.15, 0.2) is 22.7 Å². The van der Waals surface area contributed by atoms with Gasteiger partial charge in [-0.1, -0.05) is 11.6 Å². The molecule has 0 aromatic heterocycles. The van der Waals surface area contributed by atoms with Gasteiger partial charge in [-0.05, 0) is 47.0 Å². The Morgan fingerprint density at radius 3 is 2.63 bits per heavy atom. The lowest BCUT2D eigenvalue weighted by atomic mass is 10.2. The number of carbonyl (C=O) groups is 2. The van der Waals surface area contributed by atoms with Crippen molar-refractivity contribution < 1.29 is 19.4 Å². The molecule has 1 fully saturated rings. The molecule has 1 amide bonds. The minimum atomic E-state index is -1.04. The van der Waals surface area contributed by atoms with Crippen LogP contribution in [0.5, 0.6) is 0 Å². The maximum atomic E-state index is 11.9. The van der Waals surface area contributed by atoms with Crippen molar-refractivity contribution in [1.82, 2.24) is 0 Å². The number of carboxylic acids is 1. The number of anilines is 1. The number of carbonyl (C=O) groups excluding carboxylic acids is 1. The molecule has 2 unspecified atom stereocenters. The molecule has 2 atom stereocenters. The molecule has 1 aromatic rings. The minimum absolute atomic E-state index is 0.342. The highest BCUT2D eigenvalue weighted by Crippen LogP contribution is 2.26. The van der Waals surface area contributed by atoms with E-state index in [1.54, 1.807) is 18.2 Å². The Kier molecular flexibility index (Phi) is 4.44. The lowest BCUT2D eigenvalue weighted by Crippen LogP contribution is -2.29. The molecule has 1 aromatic carbocycles. The number of ether oxygens (including phenoxy) is 1. The fourth-order valence-corrected chi connectivity index (χ4v) is 2.24. The van der Waals surface area contributed by atoms with E-state index in [1.165, 1.54) is 0 Å². The van der Waals surface area contributed by atoms with Crippen molar-refractivity contribution >= 4 is 45.1 Å². The summed E-state index contributed by atoms with van der Waals surface area (Å²) in [6.45, 7) is 0. The second kappa shape index (κ2) is 5.90. The van der Waals surface area contributed by atoms with Crippen molar-refractivity contribution in [2.45, 2.75) is 25.0 Å². The van der Waals surface area contributed by atoms with Crippen LogP contribution < -0.4 is 5.32 Å². The average Bonchev–Trinajstić information content (AvgIpc) is 2.83. The van der Waals surface area contributed by atoms with Crippen LogP contribution in [0.3, 0.4) is 0 Å². The Morgan fingerprint density at radius 1 is 1.37 bits per heavy atom. The van der Waals surface area contributed by atoms with Crippen LogP contribution in [0.1, 0.15) is 12.8 Å². The van der Waals surface area contributed by atoms with Crippen LogP contribution >= 0.6 is 27.5 Å². The molecule has 0 spiro atoms. The van der Waals surface area contributed by atoms with E-state index in [0.717, 1.165) is 4.47 Å². The average molecular weight is 349 g/mol. The number of nitrogens with one attached hydrogen (secondary N) is 1. The highest BCUT2D eigenvalue weighted by atomic mass is 79.9. The van der Waals surface area contributed by atoms with E-state index in [9.17, 15) is 9.59 Å². The van der Waals surface area contributed by atoms with Gasteiger partial charge in [-0.25, -0.2) is 4.79 Å². The van der Waals surface area contributed by atoms with Gasteiger partial charge in [-0.15, -0.1) is 0 Å². The van der Waals surface area contributed by atoms with Gasteiger partial charge in [0.15, 0.2) is 6.10 Å². The lowest BCUT2D eigenvalue weighted by Gasteiger charge is -2.12. The topological polar surface area (TPSA) is 75.6 Å². The molecule has 19 heavy (non-hydrogen) atoms. The number of rotatable bonds is 3. The van der Waals surface area contributed by atoms with E-state index in [4.69, 9.17) is 21.4 Å². The molecule has 5 nitrogen and oxygen atoms in total. The first kappa shape index (κ1) is 14.3. The Labute approximate surface area is 123 Å². The number of carboxylic acid groups (broad SMARTS) is 1. The van der Waals surface area contributed by atoms with Gasteiger partial charge in [-0.2, -0.15) is 0 Å². The molecular formula is C12H11BrClNO4. The van der Waals surface area contributed by atoms with Crippen LogP contribution in [0, 0.1) is 0 Å². The molecule has 1 aliphatic heterocycles. The van der Waals surface area contributed by atoms with Gasteiger partial charge in [0.2, 0.25) is 0 Å². The molecule has 0 bridgehead atoms. The van der Waals surface area contributed by atoms with Crippen molar-refractivity contribution in [3.05, 3.63) is 27.7 Å². The van der Waals surface area contributed by atoms with Gasteiger partial charge in [-0.3, -0.25) is 4.79 Å². The number of amides is 1. The van der Waals surface area contributed by atoms with E-state index >= 15 is 0 Å². The zero-order valence-electron chi connectivity index (χ0n) is 9.73. The molecule has 0 radical (unpaired) electrons. The normalized spacial score (nSPS) is 22.2. The summed E-state index contributed by atoms with van der Waals surface area (Å²) >= 11 is 9.17. The molecule has 2 N–H and O–H groups in total. The Bertz CT molecular complexity index is 522. The van der Waals surface area contributed by atoms with Crippen LogP contribution in [0.25, 0.3) is 0 Å². The number of hydrogen-bond donors (Lipinski definition) is 2. The van der Waals surface area contributed by atoms with Crippen LogP contribution in [-0.2, 0) is 14.3 Å². The van der Waals surface area contributed by atoms with Crippen molar-refractivity contribution in [2.75, 3.05) is 5.32 Å². The van der Waals surface area contributed by atoms with Crippen molar-refractivity contribution in [3.8, 4) is 0 Å². The first-order valence-corrected chi connectivity index (χ1v) is 6.78. The monoisotopic (exact) mass is 347 g/mol. The van der Waals surface area contributed by atoms with E-state index < -0.39 is 18.2 Å². The summed E-state index contributed by atoms with van der Waals surface area (Å²) < 4.78 is 5.89. The molecule has 1 saturated heterocycles. The molecular weight excluding hydrogens is 337 g/mol. The minimum Gasteiger partial charge on any atom is -0.479 e. The first-order valence-electron chi connectivity index (χ1n) is 5.61. The van der Waals surface area contributed by atoms with E-state index in [1.807, 2.05) is 0 Å². The predicted molar refractivity (Wildman–Crippen MR) is 73.3 cm³/mol. The number of hydrogen-bond acceptors (Lipinski definition) is 3. The summed E-state index contributed by atoms with van der Waals surface area (Å²) in [7, 11) is 0. The highest BCUT2D eigenvalue weighted by molar-refractivity contribution is 9.10. The number of benzene rings is 1. The Morgan fingerprint density at radius 2 is 2.05 bits per heavy atom. The number of aliphatic carboxylic acids is 1. The third-order valence-electron chi connectivity index (χ3n) is 2.77. The van der Waals surface area contributed by atoms with Gasteiger partial charge in [0.05, 0.1) is 5.02 Å². The van der Waals surface area contributed by atoms with Gasteiger partial charge < -0.3 is 15.2 Å². The van der Waals surface area contributed by atoms with Crippen molar-refractivity contribution in [1.29, 1.82) is 0 Å². The van der Waals surface area contributed by atoms with Crippen molar-refractivity contribution in [2.24, 2.45) is 0 Å². The van der Waals surface area contributed by atoms with Crippen molar-refractivity contribution in [3.63, 3.8) is 0 Å². The van der Waals surface area contributed by atoms with Crippen LogP contribution in [0.2, 0.25) is 5.02 Å². The zero-order valence-corrected chi connectivity index (χ0v) is 12.1. The summed E-state index contributed by atoms with van der Waals surface area (Å²) in [5.41, 5.74) is 0.542. The van der Waals surface area contributed by atoms with E-state index in [0.29, 0.717) is 23.6 Å². The molecule has 0 saturated carbocycles. The van der Waals surface area contributed by atoms with Gasteiger partial charge in [0, 0.05) is 10.2 Å². The zero-order chi connectivity index (χ0) is 14.0. The lowest BCUT2D eigenvalue weighted by molar-refractivity contribution is -0.150. The molecule has 102 valence electrons. The fourth-order valence-electron chi connectivity index (χ4n) is 1.81. The summed E-state index contributed by atoms with van der Waals surface area (Å²) in [6, 6.07) is 5.01. The third kappa shape index (κ3) is 3.46. The summed E-state index contributed by atoms with van der Waals surface area (Å²) in [4.78, 5) is 22.6. The summed E-state index contributed by atoms with van der Waals surface area (Å²) in [6.07, 6.45) is -0.894. The molecule has 1 aliphatic rings. The largest absolute Gasteiger partial charge is 0.479 e. The standard InChI is InChI=1S/C12H11BrClNO4/c13-7-2-1-6(5-8(7)14)15-11(16)9-3-4-10(19-9)12(17)18/h1-2,5,9-10H,3-4H2,(H,15,16)(H,17,18). The Hall–Kier alpha value is -1.11. The SMILES string of the molecule is O=C(O)C1CCC(C(=O)Nc2ccc(Br)c(Cl)c2)O1.